The van der Waals surface area contributed by atoms with Crippen LogP contribution in [0.1, 0.15) is 65.6 Å². The van der Waals surface area contributed by atoms with E-state index in [0.29, 0.717) is 48.7 Å². The summed E-state index contributed by atoms with van der Waals surface area (Å²) in [7, 11) is 0. The van der Waals surface area contributed by atoms with Gasteiger partial charge in [0.15, 0.2) is 6.10 Å². The highest BCUT2D eigenvalue weighted by atomic mass is 79.9. The lowest BCUT2D eigenvalue weighted by molar-refractivity contribution is -0.155. The molecule has 2 amide bonds. The average Bonchev–Trinajstić information content (AvgIpc) is 3.27. The van der Waals surface area contributed by atoms with E-state index in [1.165, 1.54) is 6.92 Å². The number of aliphatic hydroxyl groups excluding tert-OH is 1. The van der Waals surface area contributed by atoms with Gasteiger partial charge in [-0.05, 0) is 55.1 Å². The smallest absolute Gasteiger partial charge is 0.417 e. The van der Waals surface area contributed by atoms with Crippen molar-refractivity contribution in [3.05, 3.63) is 22.1 Å². The monoisotopic (exact) mass is 575 g/mol. The highest BCUT2D eigenvalue weighted by molar-refractivity contribution is 9.10. The molecule has 0 saturated carbocycles. The molecule has 0 unspecified atom stereocenters. The van der Waals surface area contributed by atoms with E-state index in [-0.39, 0.29) is 19.1 Å². The van der Waals surface area contributed by atoms with Gasteiger partial charge in [-0.15, -0.1) is 0 Å². The Kier molecular flexibility index (Phi) is 11.4. The summed E-state index contributed by atoms with van der Waals surface area (Å²) >= 11 is 3.48. The third kappa shape index (κ3) is 7.77. The van der Waals surface area contributed by atoms with Crippen LogP contribution in [0.15, 0.2) is 15.0 Å². The normalized spacial score (nSPS) is 18.9. The number of aliphatic hydroxyl groups is 1. The van der Waals surface area contributed by atoms with Crippen LogP contribution in [-0.4, -0.2) is 72.7 Å². The Labute approximate surface area is 220 Å². The maximum atomic E-state index is 13.5. The lowest BCUT2D eigenvalue weighted by Crippen LogP contribution is -2.50. The summed E-state index contributed by atoms with van der Waals surface area (Å²) in [6.07, 6.45) is -0.511. The van der Waals surface area contributed by atoms with Gasteiger partial charge in [0.05, 0.1) is 42.9 Å². The zero-order valence-corrected chi connectivity index (χ0v) is 23.5. The van der Waals surface area contributed by atoms with Crippen molar-refractivity contribution in [1.29, 1.82) is 0 Å². The molecule has 11 heteroatoms. The molecule has 3 atom stereocenters. The third-order valence-electron chi connectivity index (χ3n) is 5.90. The number of cyclic esters (lactones) is 1. The molecule has 0 spiro atoms. The zero-order valence-electron chi connectivity index (χ0n) is 21.9. The van der Waals surface area contributed by atoms with Gasteiger partial charge in [-0.1, -0.05) is 13.8 Å². The Balaban J connectivity index is 2.12. The topological polar surface area (TPSA) is 125 Å². The number of rotatable bonds is 14. The van der Waals surface area contributed by atoms with Gasteiger partial charge in [0.25, 0.3) is 0 Å². The van der Waals surface area contributed by atoms with Gasteiger partial charge in [0, 0.05) is 20.0 Å². The van der Waals surface area contributed by atoms with E-state index < -0.39 is 41.6 Å². The molecule has 0 aromatic carbocycles. The first-order chi connectivity index (χ1) is 16.9. The fourth-order valence-corrected chi connectivity index (χ4v) is 4.98. The minimum Gasteiger partial charge on any atom is -0.461 e. The number of halogens is 1. The number of furan rings is 1. The summed E-state index contributed by atoms with van der Waals surface area (Å²) in [6.45, 7) is 11.8. The van der Waals surface area contributed by atoms with Gasteiger partial charge in [-0.2, -0.15) is 0 Å². The number of esters is 1. The van der Waals surface area contributed by atoms with Crippen LogP contribution >= 0.6 is 15.9 Å². The van der Waals surface area contributed by atoms with Crippen molar-refractivity contribution < 1.29 is 42.9 Å². The standard InChI is InChI=1S/C25H38BrNO9/c1-15(2)22-25(5,6)36-24(31)27(22)23(30)16(3)21(34-17(4)29)20-14-18(26)19(35-20)8-7-10-32-12-13-33-11-9-28/h14-16,21-22,28H,7-13H2,1-6H3/t16-,21-,22-/m1/s1. The van der Waals surface area contributed by atoms with Crippen LogP contribution in [0.2, 0.25) is 0 Å². The van der Waals surface area contributed by atoms with E-state index in [9.17, 15) is 14.4 Å². The number of ether oxygens (including phenoxy) is 4. The molecule has 2 rings (SSSR count). The first kappa shape index (κ1) is 30.3. The number of carbonyl (C=O) groups is 3. The summed E-state index contributed by atoms with van der Waals surface area (Å²) in [4.78, 5) is 39.2. The van der Waals surface area contributed by atoms with E-state index >= 15 is 0 Å². The Morgan fingerprint density at radius 3 is 2.39 bits per heavy atom. The highest BCUT2D eigenvalue weighted by Crippen LogP contribution is 2.38. The van der Waals surface area contributed by atoms with Crippen molar-refractivity contribution in [2.45, 2.75) is 72.1 Å². The van der Waals surface area contributed by atoms with Crippen LogP contribution in [0.4, 0.5) is 4.79 Å². The summed E-state index contributed by atoms with van der Waals surface area (Å²) in [5, 5.41) is 8.68. The summed E-state index contributed by atoms with van der Waals surface area (Å²) in [6, 6.07) is 1.22. The quantitative estimate of drug-likeness (QED) is 0.258. The minimum absolute atomic E-state index is 0.0220. The number of imide groups is 1. The number of nitrogens with zero attached hydrogens (tertiary/aromatic N) is 1. The molecule has 1 N–H and O–H groups in total. The predicted molar refractivity (Wildman–Crippen MR) is 133 cm³/mol. The number of carbonyl (C=O) groups excluding carboxylic acids is 3. The molecule has 0 radical (unpaired) electrons. The second-order valence-electron chi connectivity index (χ2n) is 9.66. The predicted octanol–water partition coefficient (Wildman–Crippen LogP) is 4.02. The van der Waals surface area contributed by atoms with Crippen LogP contribution in [0, 0.1) is 11.8 Å². The molecule has 1 aromatic rings. The van der Waals surface area contributed by atoms with E-state index in [1.54, 1.807) is 26.8 Å². The van der Waals surface area contributed by atoms with Crippen molar-refractivity contribution in [1.82, 2.24) is 4.90 Å². The van der Waals surface area contributed by atoms with Gasteiger partial charge in [-0.25, -0.2) is 9.69 Å². The van der Waals surface area contributed by atoms with Crippen LogP contribution in [0.3, 0.4) is 0 Å². The maximum Gasteiger partial charge on any atom is 0.417 e. The molecule has 1 saturated heterocycles. The Morgan fingerprint density at radius 2 is 1.81 bits per heavy atom. The van der Waals surface area contributed by atoms with E-state index in [2.05, 4.69) is 15.9 Å². The molecule has 36 heavy (non-hydrogen) atoms. The Bertz CT molecular complexity index is 898. The lowest BCUT2D eigenvalue weighted by atomic mass is 9.88. The molecule has 1 aliphatic heterocycles. The van der Waals surface area contributed by atoms with Crippen molar-refractivity contribution >= 4 is 33.9 Å². The summed E-state index contributed by atoms with van der Waals surface area (Å²) in [5.41, 5.74) is -0.842. The van der Waals surface area contributed by atoms with Crippen molar-refractivity contribution in [3.8, 4) is 0 Å². The fourth-order valence-electron chi connectivity index (χ4n) is 4.48. The number of aryl methyl sites for hydroxylation is 1. The molecule has 204 valence electrons. The van der Waals surface area contributed by atoms with Gasteiger partial charge >= 0.3 is 12.1 Å². The number of hydrogen-bond acceptors (Lipinski definition) is 9. The minimum atomic E-state index is -1.02. The SMILES string of the molecule is CC(=O)O[C@@H](c1cc(Br)c(CCCOCCOCCO)o1)[C@@H](C)C(=O)N1C(=O)OC(C)(C)[C@H]1C(C)C. The van der Waals surface area contributed by atoms with Gasteiger partial charge in [-0.3, -0.25) is 9.59 Å². The van der Waals surface area contributed by atoms with Crippen molar-refractivity contribution in [2.75, 3.05) is 33.0 Å². The Hall–Kier alpha value is -1.95. The van der Waals surface area contributed by atoms with Crippen LogP contribution in [0.5, 0.6) is 0 Å². The molecule has 1 aromatic heterocycles. The molecule has 0 bridgehead atoms. The largest absolute Gasteiger partial charge is 0.461 e. The molecular formula is C25H38BrNO9. The van der Waals surface area contributed by atoms with Crippen molar-refractivity contribution in [2.24, 2.45) is 11.8 Å². The second kappa shape index (κ2) is 13.6. The van der Waals surface area contributed by atoms with Crippen LogP contribution < -0.4 is 0 Å². The number of amides is 2. The summed E-state index contributed by atoms with van der Waals surface area (Å²) < 4.78 is 28.3. The zero-order chi connectivity index (χ0) is 27.0. The molecule has 10 nitrogen and oxygen atoms in total. The molecular weight excluding hydrogens is 538 g/mol. The van der Waals surface area contributed by atoms with E-state index in [4.69, 9.17) is 28.5 Å². The maximum absolute atomic E-state index is 13.5. The van der Waals surface area contributed by atoms with Gasteiger partial charge in [0.1, 0.15) is 17.1 Å². The fraction of sp³-hybridized carbons (Fsp3) is 0.720. The van der Waals surface area contributed by atoms with E-state index in [0.717, 1.165) is 4.90 Å². The molecule has 2 heterocycles. The molecule has 1 aliphatic rings. The average molecular weight is 576 g/mol. The van der Waals surface area contributed by atoms with Crippen LogP contribution in [0.25, 0.3) is 0 Å². The van der Waals surface area contributed by atoms with Gasteiger partial charge in [0.2, 0.25) is 5.91 Å². The summed E-state index contributed by atoms with van der Waals surface area (Å²) in [5.74, 6) is -1.08. The van der Waals surface area contributed by atoms with Gasteiger partial charge < -0.3 is 28.5 Å². The number of hydrogen-bond donors (Lipinski definition) is 1. The third-order valence-corrected chi connectivity index (χ3v) is 6.57. The Morgan fingerprint density at radius 1 is 1.17 bits per heavy atom. The molecule has 0 aliphatic carbocycles. The first-order valence-electron chi connectivity index (χ1n) is 12.2. The highest BCUT2D eigenvalue weighted by Gasteiger charge is 2.53. The van der Waals surface area contributed by atoms with Crippen molar-refractivity contribution in [3.63, 3.8) is 0 Å². The second-order valence-corrected chi connectivity index (χ2v) is 10.5. The first-order valence-corrected chi connectivity index (χ1v) is 13.0. The molecule has 1 fully saturated rings. The lowest BCUT2D eigenvalue weighted by Gasteiger charge is -2.33. The van der Waals surface area contributed by atoms with Crippen LogP contribution in [-0.2, 0) is 35.0 Å². The van der Waals surface area contributed by atoms with E-state index in [1.807, 2.05) is 13.8 Å².